The lowest BCUT2D eigenvalue weighted by Crippen LogP contribution is -1.70. The summed E-state index contributed by atoms with van der Waals surface area (Å²) in [5.41, 5.74) is 0. The van der Waals surface area contributed by atoms with Gasteiger partial charge in [0.05, 0.1) is 0 Å². The molecule has 0 heterocycles. The summed E-state index contributed by atoms with van der Waals surface area (Å²) in [5, 5.41) is 13.0. The number of halogens is 1. The summed E-state index contributed by atoms with van der Waals surface area (Å²) in [6, 6.07) is 0.944. The number of rotatable bonds is 0. The summed E-state index contributed by atoms with van der Waals surface area (Å²) < 4.78 is 10.7. The molecule has 0 aromatic carbocycles. The third-order valence-electron chi connectivity index (χ3n) is 0.0982. The molecular weight excluding hydrogens is 71.0 g/mol. The maximum atomic E-state index is 10.7. The van der Waals surface area contributed by atoms with Crippen molar-refractivity contribution >= 4 is 5.97 Å². The lowest BCUT2D eigenvalue weighted by atomic mass is 10.8. The van der Waals surface area contributed by atoms with Crippen molar-refractivity contribution in [3.05, 3.63) is 0 Å². The van der Waals surface area contributed by atoms with Gasteiger partial charge in [0, 0.05) is 0 Å². The van der Waals surface area contributed by atoms with Crippen LogP contribution in [0.5, 0.6) is 0 Å². The Balaban J connectivity index is 3.35. The average Bonchev–Trinajstić information content (AvgIpc) is 1.38. The summed E-state index contributed by atoms with van der Waals surface area (Å²) in [6.07, 6.45) is 0. The first kappa shape index (κ1) is 4.09. The Hall–Kier alpha value is -0.910. The van der Waals surface area contributed by atoms with Gasteiger partial charge in [-0.1, -0.05) is 0 Å². The van der Waals surface area contributed by atoms with E-state index < -0.39 is 5.97 Å². The maximum Gasteiger partial charge on any atom is 0.283 e. The van der Waals surface area contributed by atoms with Gasteiger partial charge in [0.25, 0.3) is 5.97 Å². The van der Waals surface area contributed by atoms with Gasteiger partial charge in [-0.15, -0.1) is 0 Å². The van der Waals surface area contributed by atoms with Crippen LogP contribution in [0.4, 0.5) is 4.39 Å². The van der Waals surface area contributed by atoms with Crippen molar-refractivity contribution in [3.63, 3.8) is 0 Å². The molecule has 3 heteroatoms. The Morgan fingerprint density at radius 3 is 2.20 bits per heavy atom. The van der Waals surface area contributed by atoms with Gasteiger partial charge in [0.15, 0.2) is 6.07 Å². The van der Waals surface area contributed by atoms with E-state index in [1.165, 1.54) is 0 Å². The van der Waals surface area contributed by atoms with Crippen molar-refractivity contribution in [2.75, 3.05) is 0 Å². The van der Waals surface area contributed by atoms with E-state index in [0.29, 0.717) is 0 Å². The van der Waals surface area contributed by atoms with Crippen LogP contribution in [-0.4, -0.2) is 5.97 Å². The molecule has 0 saturated heterocycles. The Bertz CT molecular complexity index is 80.1. The highest BCUT2D eigenvalue weighted by atomic mass is 19.1. The third-order valence-corrected chi connectivity index (χ3v) is 0.0982. The number of hydrogen-bond acceptors (Lipinski definition) is 2. The van der Waals surface area contributed by atoms with Crippen LogP contribution < -0.4 is 0 Å². The first-order valence-corrected chi connectivity index (χ1v) is 0.913. The predicted octanol–water partition coefficient (Wildman–Crippen LogP) is 0.457. The highest BCUT2D eigenvalue weighted by Crippen LogP contribution is 1.61. The minimum absolute atomic E-state index is 0.944. The molecule has 2 nitrogen and oxygen atoms in total. The molecule has 0 spiro atoms. The van der Waals surface area contributed by atoms with E-state index in [1.54, 1.807) is 0 Å². The molecule has 0 rings (SSSR count). The summed E-state index contributed by atoms with van der Waals surface area (Å²) in [7, 11) is 0. The Labute approximate surface area is 28.3 Å². The molecule has 0 amide bonds. The summed E-state index contributed by atoms with van der Waals surface area (Å²) in [6.45, 7) is 0. The van der Waals surface area contributed by atoms with E-state index >= 15 is 0 Å². The standard InChI is InChI=1S/C2HFN2/c3-2(5)1-4/h5H. The predicted molar refractivity (Wildman–Crippen MR) is 14.4 cm³/mol. The van der Waals surface area contributed by atoms with Crippen LogP contribution in [0.15, 0.2) is 0 Å². The topological polar surface area (TPSA) is 47.6 Å². The lowest BCUT2D eigenvalue weighted by molar-refractivity contribution is 0.806. The minimum Gasteiger partial charge on any atom is -0.264 e. The van der Waals surface area contributed by atoms with Crippen molar-refractivity contribution in [2.24, 2.45) is 0 Å². The molecular formula is C2HFN2. The van der Waals surface area contributed by atoms with Gasteiger partial charge in [-0.25, -0.2) is 0 Å². The largest absolute Gasteiger partial charge is 0.283 e. The third kappa shape index (κ3) is 3.09. The van der Waals surface area contributed by atoms with Gasteiger partial charge in [-0.3, -0.25) is 5.41 Å². The van der Waals surface area contributed by atoms with Crippen molar-refractivity contribution in [1.82, 2.24) is 0 Å². The van der Waals surface area contributed by atoms with E-state index in [9.17, 15) is 4.39 Å². The van der Waals surface area contributed by atoms with Crippen molar-refractivity contribution in [1.29, 1.82) is 10.7 Å². The Morgan fingerprint density at radius 1 is 2.00 bits per heavy atom. The molecule has 0 fully saturated rings. The van der Waals surface area contributed by atoms with Gasteiger partial charge in [0.1, 0.15) is 0 Å². The molecule has 0 aromatic rings. The molecule has 5 heavy (non-hydrogen) atoms. The van der Waals surface area contributed by atoms with Crippen molar-refractivity contribution < 1.29 is 4.39 Å². The van der Waals surface area contributed by atoms with Crippen LogP contribution in [0.2, 0.25) is 0 Å². The molecule has 0 unspecified atom stereocenters. The molecule has 0 radical (unpaired) electrons. The molecule has 0 aliphatic rings. The number of nitrogens with zero attached hydrogens (tertiary/aromatic N) is 1. The second kappa shape index (κ2) is 1.41. The SMILES string of the molecule is N#CC(=N)F. The van der Waals surface area contributed by atoms with Crippen LogP contribution in [0, 0.1) is 16.7 Å². The molecule has 0 bridgehead atoms. The van der Waals surface area contributed by atoms with Gasteiger partial charge in [0.2, 0.25) is 0 Å². The summed E-state index contributed by atoms with van der Waals surface area (Å²) in [4.78, 5) is 0. The lowest BCUT2D eigenvalue weighted by Gasteiger charge is -1.54. The quantitative estimate of drug-likeness (QED) is 0.415. The monoisotopic (exact) mass is 72.0 g/mol. The zero-order valence-electron chi connectivity index (χ0n) is 2.33. The van der Waals surface area contributed by atoms with E-state index in [2.05, 4.69) is 0 Å². The van der Waals surface area contributed by atoms with E-state index in [-0.39, 0.29) is 0 Å². The fourth-order valence-electron chi connectivity index (χ4n) is 0. The number of nitrogens with one attached hydrogen (secondary N) is 1. The van der Waals surface area contributed by atoms with Gasteiger partial charge >= 0.3 is 0 Å². The Morgan fingerprint density at radius 2 is 2.20 bits per heavy atom. The van der Waals surface area contributed by atoms with Gasteiger partial charge in [-0.2, -0.15) is 9.65 Å². The van der Waals surface area contributed by atoms with E-state index in [0.717, 1.165) is 6.07 Å². The molecule has 26 valence electrons. The summed E-state index contributed by atoms with van der Waals surface area (Å²) >= 11 is 0. The maximum absolute atomic E-state index is 10.7. The van der Waals surface area contributed by atoms with E-state index in [1.807, 2.05) is 0 Å². The molecule has 0 atom stereocenters. The number of hydrogen-bond donors (Lipinski definition) is 1. The smallest absolute Gasteiger partial charge is 0.264 e. The molecule has 0 aliphatic heterocycles. The van der Waals surface area contributed by atoms with Crippen LogP contribution >= 0.6 is 0 Å². The zero-order valence-corrected chi connectivity index (χ0v) is 2.33. The second-order valence-corrected chi connectivity index (χ2v) is 0.426. The fraction of sp³-hybridized carbons (Fsp3) is 0. The second-order valence-electron chi connectivity index (χ2n) is 0.426. The van der Waals surface area contributed by atoms with Gasteiger partial charge < -0.3 is 0 Å². The van der Waals surface area contributed by atoms with Crippen molar-refractivity contribution in [3.8, 4) is 6.07 Å². The van der Waals surface area contributed by atoms with Gasteiger partial charge in [-0.05, 0) is 0 Å². The highest BCUT2D eigenvalue weighted by Gasteiger charge is 1.75. The first-order chi connectivity index (χ1) is 2.27. The normalized spacial score (nSPS) is 5.60. The summed E-state index contributed by atoms with van der Waals surface area (Å²) in [5.74, 6) is -1.44. The van der Waals surface area contributed by atoms with E-state index in [4.69, 9.17) is 10.7 Å². The van der Waals surface area contributed by atoms with Crippen LogP contribution in [0.25, 0.3) is 0 Å². The van der Waals surface area contributed by atoms with Crippen molar-refractivity contribution in [2.45, 2.75) is 0 Å². The molecule has 0 aromatic heterocycles. The van der Waals surface area contributed by atoms with Crippen LogP contribution in [-0.2, 0) is 0 Å². The average molecular weight is 72.0 g/mol. The number of nitriles is 1. The minimum atomic E-state index is -1.44. The Kier molecular flexibility index (Phi) is 1.16. The molecule has 0 aliphatic carbocycles. The van der Waals surface area contributed by atoms with Crippen LogP contribution in [0.1, 0.15) is 0 Å². The first-order valence-electron chi connectivity index (χ1n) is 0.913. The fourth-order valence-corrected chi connectivity index (χ4v) is 0. The highest BCUT2D eigenvalue weighted by molar-refractivity contribution is 5.87. The molecule has 0 saturated carbocycles. The van der Waals surface area contributed by atoms with Crippen LogP contribution in [0.3, 0.4) is 0 Å². The zero-order chi connectivity index (χ0) is 4.28. The molecule has 1 N–H and O–H groups in total.